The molecule has 34 heavy (non-hydrogen) atoms. The van der Waals surface area contributed by atoms with Crippen LogP contribution in [0.3, 0.4) is 0 Å². The van der Waals surface area contributed by atoms with E-state index in [1.165, 1.54) is 0 Å². The molecular weight excluding hydrogens is 432 g/mol. The number of alkyl carbamates (subject to hydrolysis) is 1. The summed E-state index contributed by atoms with van der Waals surface area (Å²) < 4.78 is 10.8. The molecule has 2 aromatic rings. The summed E-state index contributed by atoms with van der Waals surface area (Å²) in [5, 5.41) is 5.44. The molecule has 2 aromatic carbocycles. The number of hydrogen-bond donors (Lipinski definition) is 2. The van der Waals surface area contributed by atoms with E-state index in [-0.39, 0.29) is 18.9 Å². The van der Waals surface area contributed by atoms with Crippen LogP contribution in [0.25, 0.3) is 0 Å². The van der Waals surface area contributed by atoms with Crippen LogP contribution >= 0.6 is 0 Å². The number of amides is 2. The van der Waals surface area contributed by atoms with Gasteiger partial charge in [0.2, 0.25) is 5.91 Å². The SMILES string of the molecule is CC(C)C[C@@H](NC(=O)OC(C)(C)C)C(=O)N[C@H](Cc1ccccc1)C(=O)OCc1ccccc1. The smallest absolute Gasteiger partial charge is 0.408 e. The lowest BCUT2D eigenvalue weighted by Gasteiger charge is -2.26. The molecule has 7 nitrogen and oxygen atoms in total. The summed E-state index contributed by atoms with van der Waals surface area (Å²) >= 11 is 0. The summed E-state index contributed by atoms with van der Waals surface area (Å²) in [4.78, 5) is 38.5. The van der Waals surface area contributed by atoms with E-state index in [4.69, 9.17) is 9.47 Å². The highest BCUT2D eigenvalue weighted by molar-refractivity contribution is 5.89. The van der Waals surface area contributed by atoms with Crippen molar-refractivity contribution in [3.05, 3.63) is 71.8 Å². The Labute approximate surface area is 202 Å². The summed E-state index contributed by atoms with van der Waals surface area (Å²) in [7, 11) is 0. The molecule has 2 atom stereocenters. The molecule has 0 unspecified atom stereocenters. The van der Waals surface area contributed by atoms with Crippen LogP contribution in [0.2, 0.25) is 0 Å². The average molecular weight is 469 g/mol. The van der Waals surface area contributed by atoms with E-state index in [0.717, 1.165) is 11.1 Å². The first kappa shape index (κ1) is 26.9. The Morgan fingerprint density at radius 3 is 1.91 bits per heavy atom. The standard InChI is InChI=1S/C27H36N2O5/c1-19(2)16-22(29-26(32)34-27(3,4)5)24(30)28-23(17-20-12-8-6-9-13-20)25(31)33-18-21-14-10-7-11-15-21/h6-15,19,22-23H,16-18H2,1-5H3,(H,28,30)(H,29,32)/t22-,23-/m1/s1. The Morgan fingerprint density at radius 1 is 0.824 bits per heavy atom. The van der Waals surface area contributed by atoms with Crippen LogP contribution in [0.5, 0.6) is 0 Å². The van der Waals surface area contributed by atoms with Crippen molar-refractivity contribution in [2.24, 2.45) is 5.92 Å². The number of ether oxygens (including phenoxy) is 2. The van der Waals surface area contributed by atoms with Gasteiger partial charge in [-0.25, -0.2) is 9.59 Å². The molecule has 0 aliphatic carbocycles. The van der Waals surface area contributed by atoms with Crippen LogP contribution in [0.1, 0.15) is 52.2 Å². The number of carbonyl (C=O) groups is 3. The normalized spacial score (nSPS) is 13.0. The van der Waals surface area contributed by atoms with Crippen molar-refractivity contribution in [1.82, 2.24) is 10.6 Å². The zero-order valence-corrected chi connectivity index (χ0v) is 20.7. The van der Waals surface area contributed by atoms with Gasteiger partial charge in [-0.05, 0) is 44.2 Å². The Morgan fingerprint density at radius 2 is 1.38 bits per heavy atom. The van der Waals surface area contributed by atoms with Crippen LogP contribution in [0.4, 0.5) is 4.79 Å². The van der Waals surface area contributed by atoms with Crippen molar-refractivity contribution in [2.75, 3.05) is 0 Å². The molecule has 0 spiro atoms. The molecule has 2 rings (SSSR count). The molecule has 2 N–H and O–H groups in total. The van der Waals surface area contributed by atoms with E-state index in [1.807, 2.05) is 74.5 Å². The van der Waals surface area contributed by atoms with E-state index in [1.54, 1.807) is 20.8 Å². The maximum absolute atomic E-state index is 13.2. The highest BCUT2D eigenvalue weighted by atomic mass is 16.6. The van der Waals surface area contributed by atoms with E-state index in [2.05, 4.69) is 10.6 Å². The highest BCUT2D eigenvalue weighted by Gasteiger charge is 2.29. The lowest BCUT2D eigenvalue weighted by Crippen LogP contribution is -2.53. The number of rotatable bonds is 10. The molecule has 0 aromatic heterocycles. The Bertz CT molecular complexity index is 923. The summed E-state index contributed by atoms with van der Waals surface area (Å²) in [5.74, 6) is -0.873. The Hall–Kier alpha value is -3.35. The van der Waals surface area contributed by atoms with Gasteiger partial charge < -0.3 is 20.1 Å². The molecule has 0 heterocycles. The van der Waals surface area contributed by atoms with Crippen LogP contribution in [0.15, 0.2) is 60.7 Å². The van der Waals surface area contributed by atoms with Gasteiger partial charge in [0.15, 0.2) is 0 Å². The predicted molar refractivity (Wildman–Crippen MR) is 131 cm³/mol. The molecule has 2 amide bonds. The molecule has 0 saturated heterocycles. The summed E-state index contributed by atoms with van der Waals surface area (Å²) in [5.41, 5.74) is 1.04. The van der Waals surface area contributed by atoms with Crippen LogP contribution in [0, 0.1) is 5.92 Å². The third-order valence-electron chi connectivity index (χ3n) is 4.82. The molecule has 0 radical (unpaired) electrons. The molecular formula is C27H36N2O5. The molecule has 184 valence electrons. The molecule has 7 heteroatoms. The third-order valence-corrected chi connectivity index (χ3v) is 4.82. The minimum Gasteiger partial charge on any atom is -0.459 e. The molecule has 0 aliphatic rings. The monoisotopic (exact) mass is 468 g/mol. The molecule has 0 saturated carbocycles. The summed E-state index contributed by atoms with van der Waals surface area (Å²) in [6.07, 6.45) is -0.0250. The Balaban J connectivity index is 2.14. The van der Waals surface area contributed by atoms with Gasteiger partial charge in [0.25, 0.3) is 0 Å². The van der Waals surface area contributed by atoms with Gasteiger partial charge in [-0.15, -0.1) is 0 Å². The van der Waals surface area contributed by atoms with Gasteiger partial charge in [-0.2, -0.15) is 0 Å². The number of benzene rings is 2. The molecule has 0 bridgehead atoms. The lowest BCUT2D eigenvalue weighted by molar-refractivity contribution is -0.149. The van der Waals surface area contributed by atoms with Crippen molar-refractivity contribution in [2.45, 2.75) is 71.8 Å². The van der Waals surface area contributed by atoms with E-state index >= 15 is 0 Å². The zero-order valence-electron chi connectivity index (χ0n) is 20.7. The van der Waals surface area contributed by atoms with Gasteiger partial charge in [-0.1, -0.05) is 74.5 Å². The van der Waals surface area contributed by atoms with Crippen molar-refractivity contribution in [1.29, 1.82) is 0 Å². The average Bonchev–Trinajstić information content (AvgIpc) is 2.76. The maximum atomic E-state index is 13.2. The highest BCUT2D eigenvalue weighted by Crippen LogP contribution is 2.12. The number of carbonyl (C=O) groups excluding carboxylic acids is 3. The Kier molecular flexibility index (Phi) is 10.1. The number of hydrogen-bond acceptors (Lipinski definition) is 5. The van der Waals surface area contributed by atoms with Crippen LogP contribution in [-0.4, -0.2) is 35.7 Å². The quantitative estimate of drug-likeness (QED) is 0.504. The van der Waals surface area contributed by atoms with Crippen LogP contribution in [-0.2, 0) is 32.1 Å². The fraction of sp³-hybridized carbons (Fsp3) is 0.444. The van der Waals surface area contributed by atoms with Gasteiger partial charge in [0, 0.05) is 6.42 Å². The second-order valence-electron chi connectivity index (χ2n) is 9.67. The topological polar surface area (TPSA) is 93.7 Å². The van der Waals surface area contributed by atoms with Crippen molar-refractivity contribution < 1.29 is 23.9 Å². The lowest BCUT2D eigenvalue weighted by atomic mass is 10.0. The molecule has 0 aliphatic heterocycles. The van der Waals surface area contributed by atoms with Gasteiger partial charge in [0.05, 0.1) is 0 Å². The first-order valence-corrected chi connectivity index (χ1v) is 11.6. The predicted octanol–water partition coefficient (Wildman–Crippen LogP) is 4.40. The minimum absolute atomic E-state index is 0.104. The maximum Gasteiger partial charge on any atom is 0.408 e. The third kappa shape index (κ3) is 10.1. The van der Waals surface area contributed by atoms with Gasteiger partial charge in [0.1, 0.15) is 24.3 Å². The van der Waals surface area contributed by atoms with Gasteiger partial charge >= 0.3 is 12.1 Å². The number of esters is 1. The van der Waals surface area contributed by atoms with E-state index in [0.29, 0.717) is 6.42 Å². The van der Waals surface area contributed by atoms with Gasteiger partial charge in [-0.3, -0.25) is 4.79 Å². The summed E-state index contributed by atoms with van der Waals surface area (Å²) in [6.45, 7) is 9.26. The van der Waals surface area contributed by atoms with E-state index in [9.17, 15) is 14.4 Å². The summed E-state index contributed by atoms with van der Waals surface area (Å²) in [6, 6.07) is 17.0. The molecule has 0 fully saturated rings. The number of nitrogens with one attached hydrogen (secondary N) is 2. The first-order valence-electron chi connectivity index (χ1n) is 11.6. The van der Waals surface area contributed by atoms with E-state index < -0.39 is 35.7 Å². The second-order valence-corrected chi connectivity index (χ2v) is 9.67. The fourth-order valence-electron chi connectivity index (χ4n) is 3.30. The minimum atomic E-state index is -0.909. The van der Waals surface area contributed by atoms with Crippen molar-refractivity contribution in [3.63, 3.8) is 0 Å². The van der Waals surface area contributed by atoms with Crippen molar-refractivity contribution in [3.8, 4) is 0 Å². The second kappa shape index (κ2) is 12.8. The first-order chi connectivity index (χ1) is 16.0. The zero-order chi connectivity index (χ0) is 25.1. The van der Waals surface area contributed by atoms with Crippen molar-refractivity contribution >= 4 is 18.0 Å². The fourth-order valence-corrected chi connectivity index (χ4v) is 3.30. The largest absolute Gasteiger partial charge is 0.459 e. The van der Waals surface area contributed by atoms with Crippen LogP contribution < -0.4 is 10.6 Å².